The fourth-order valence-corrected chi connectivity index (χ4v) is 1.25. The van der Waals surface area contributed by atoms with E-state index in [0.29, 0.717) is 5.69 Å². The zero-order chi connectivity index (χ0) is 10.4. The highest BCUT2D eigenvalue weighted by atomic mass is 16.3. The Bertz CT molecular complexity index is 275. The molecule has 3 heteroatoms. The first-order valence-electron chi connectivity index (χ1n) is 4.96. The van der Waals surface area contributed by atoms with Crippen molar-refractivity contribution in [1.82, 2.24) is 5.32 Å². The average molecular weight is 194 g/mol. The number of hydrogen-bond donors (Lipinski definition) is 3. The normalized spacial score (nSPS) is 14.6. The van der Waals surface area contributed by atoms with E-state index in [1.54, 1.807) is 12.1 Å². The lowest BCUT2D eigenvalue weighted by Gasteiger charge is -1.97. The third-order valence-corrected chi connectivity index (χ3v) is 2.19. The monoisotopic (exact) mass is 194 g/mol. The molecular weight excluding hydrogens is 176 g/mol. The van der Waals surface area contributed by atoms with E-state index < -0.39 is 0 Å². The SMILES string of the molecule is C1CCNC1.Cc1ccc(N)cc1O. The molecule has 0 bridgehead atoms. The van der Waals surface area contributed by atoms with E-state index in [1.807, 2.05) is 6.92 Å². The van der Waals surface area contributed by atoms with E-state index in [1.165, 1.54) is 32.0 Å². The maximum Gasteiger partial charge on any atom is 0.120 e. The molecule has 2 rings (SSSR count). The van der Waals surface area contributed by atoms with Crippen LogP contribution in [0.2, 0.25) is 0 Å². The largest absolute Gasteiger partial charge is 0.508 e. The molecule has 3 nitrogen and oxygen atoms in total. The van der Waals surface area contributed by atoms with Gasteiger partial charge in [-0.15, -0.1) is 0 Å². The highest BCUT2D eigenvalue weighted by molar-refractivity contribution is 5.47. The molecule has 0 aliphatic carbocycles. The van der Waals surface area contributed by atoms with Crippen LogP contribution in [0.4, 0.5) is 5.69 Å². The molecule has 0 unspecified atom stereocenters. The quantitative estimate of drug-likeness (QED) is 0.550. The summed E-state index contributed by atoms with van der Waals surface area (Å²) in [7, 11) is 0. The third kappa shape index (κ3) is 3.66. The van der Waals surface area contributed by atoms with Crippen LogP contribution in [-0.2, 0) is 0 Å². The van der Waals surface area contributed by atoms with Crippen molar-refractivity contribution in [2.75, 3.05) is 18.8 Å². The predicted octanol–water partition coefficient (Wildman–Crippen LogP) is 1.65. The molecule has 0 radical (unpaired) electrons. The van der Waals surface area contributed by atoms with Crippen LogP contribution in [0.15, 0.2) is 18.2 Å². The second kappa shape index (κ2) is 5.50. The molecule has 0 saturated carbocycles. The summed E-state index contributed by atoms with van der Waals surface area (Å²) in [6.45, 7) is 4.33. The van der Waals surface area contributed by atoms with Gasteiger partial charge in [0.2, 0.25) is 0 Å². The second-order valence-corrected chi connectivity index (χ2v) is 3.50. The summed E-state index contributed by atoms with van der Waals surface area (Å²) >= 11 is 0. The van der Waals surface area contributed by atoms with E-state index in [-0.39, 0.29) is 5.75 Å². The van der Waals surface area contributed by atoms with Gasteiger partial charge in [-0.2, -0.15) is 0 Å². The topological polar surface area (TPSA) is 58.3 Å². The molecule has 1 heterocycles. The van der Waals surface area contributed by atoms with E-state index in [0.717, 1.165) is 5.56 Å². The van der Waals surface area contributed by atoms with E-state index in [9.17, 15) is 0 Å². The first-order valence-corrected chi connectivity index (χ1v) is 4.96. The molecule has 1 saturated heterocycles. The van der Waals surface area contributed by atoms with Gasteiger partial charge in [0.25, 0.3) is 0 Å². The van der Waals surface area contributed by atoms with Crippen molar-refractivity contribution < 1.29 is 5.11 Å². The number of aryl methyl sites for hydroxylation is 1. The number of nitrogens with one attached hydrogen (secondary N) is 1. The Morgan fingerprint density at radius 2 is 1.93 bits per heavy atom. The van der Waals surface area contributed by atoms with Crippen molar-refractivity contribution >= 4 is 5.69 Å². The van der Waals surface area contributed by atoms with Gasteiger partial charge in [-0.05, 0) is 44.5 Å². The van der Waals surface area contributed by atoms with Crippen molar-refractivity contribution in [3.8, 4) is 5.75 Å². The number of phenolic OH excluding ortho intramolecular Hbond substituents is 1. The molecule has 78 valence electrons. The Kier molecular flexibility index (Phi) is 4.26. The Hall–Kier alpha value is -1.22. The molecule has 0 atom stereocenters. The highest BCUT2D eigenvalue weighted by Crippen LogP contribution is 2.17. The van der Waals surface area contributed by atoms with Crippen molar-refractivity contribution in [2.24, 2.45) is 0 Å². The lowest BCUT2D eigenvalue weighted by Crippen LogP contribution is -2.03. The Balaban J connectivity index is 0.000000165. The molecule has 1 aliphatic rings. The summed E-state index contributed by atoms with van der Waals surface area (Å²) in [5.41, 5.74) is 6.81. The van der Waals surface area contributed by atoms with Crippen molar-refractivity contribution in [2.45, 2.75) is 19.8 Å². The van der Waals surface area contributed by atoms with Crippen molar-refractivity contribution in [3.63, 3.8) is 0 Å². The predicted molar refractivity (Wildman–Crippen MR) is 59.4 cm³/mol. The van der Waals surface area contributed by atoms with Crippen LogP contribution in [0, 0.1) is 6.92 Å². The standard InChI is InChI=1S/C7H9NO.C4H9N/c1-5-2-3-6(8)4-7(5)9;1-2-4-5-3-1/h2-4,9H,8H2,1H3;5H,1-4H2. The number of hydrogen-bond acceptors (Lipinski definition) is 3. The van der Waals surface area contributed by atoms with Gasteiger partial charge in [-0.1, -0.05) is 6.07 Å². The smallest absolute Gasteiger partial charge is 0.120 e. The van der Waals surface area contributed by atoms with Crippen LogP contribution in [-0.4, -0.2) is 18.2 Å². The van der Waals surface area contributed by atoms with Crippen LogP contribution in [0.1, 0.15) is 18.4 Å². The molecule has 1 aliphatic heterocycles. The van der Waals surface area contributed by atoms with Gasteiger partial charge in [0, 0.05) is 11.8 Å². The maximum absolute atomic E-state index is 9.02. The summed E-state index contributed by atoms with van der Waals surface area (Å²) < 4.78 is 0. The summed E-state index contributed by atoms with van der Waals surface area (Å²) in [4.78, 5) is 0. The first kappa shape index (κ1) is 10.9. The number of rotatable bonds is 0. The van der Waals surface area contributed by atoms with E-state index in [4.69, 9.17) is 10.8 Å². The average Bonchev–Trinajstić information content (AvgIpc) is 2.69. The minimum Gasteiger partial charge on any atom is -0.508 e. The number of nitrogen functional groups attached to an aromatic ring is 1. The van der Waals surface area contributed by atoms with Crippen LogP contribution in [0.3, 0.4) is 0 Å². The Morgan fingerprint density at radius 3 is 2.29 bits per heavy atom. The minimum atomic E-state index is 0.259. The zero-order valence-electron chi connectivity index (χ0n) is 8.59. The summed E-state index contributed by atoms with van der Waals surface area (Å²) in [5, 5.41) is 12.2. The summed E-state index contributed by atoms with van der Waals surface area (Å²) in [6, 6.07) is 5.08. The van der Waals surface area contributed by atoms with Gasteiger partial charge in [-0.25, -0.2) is 0 Å². The number of nitrogens with two attached hydrogens (primary N) is 1. The first-order chi connectivity index (χ1) is 6.70. The van der Waals surface area contributed by atoms with Gasteiger partial charge in [0.15, 0.2) is 0 Å². The Labute approximate surface area is 84.9 Å². The minimum absolute atomic E-state index is 0.259. The molecule has 1 aromatic carbocycles. The number of phenols is 1. The second-order valence-electron chi connectivity index (χ2n) is 3.50. The number of benzene rings is 1. The number of aromatic hydroxyl groups is 1. The molecule has 4 N–H and O–H groups in total. The summed E-state index contributed by atoms with van der Waals surface area (Å²) in [5.74, 6) is 0.259. The van der Waals surface area contributed by atoms with Crippen molar-refractivity contribution in [1.29, 1.82) is 0 Å². The molecule has 1 aromatic rings. The van der Waals surface area contributed by atoms with Gasteiger partial charge in [0.1, 0.15) is 5.75 Å². The van der Waals surface area contributed by atoms with E-state index >= 15 is 0 Å². The fraction of sp³-hybridized carbons (Fsp3) is 0.455. The van der Waals surface area contributed by atoms with Gasteiger partial charge in [-0.3, -0.25) is 0 Å². The molecule has 14 heavy (non-hydrogen) atoms. The van der Waals surface area contributed by atoms with Crippen molar-refractivity contribution in [3.05, 3.63) is 23.8 Å². The molecule has 1 fully saturated rings. The molecule has 0 aromatic heterocycles. The van der Waals surface area contributed by atoms with Crippen LogP contribution < -0.4 is 11.1 Å². The van der Waals surface area contributed by atoms with Crippen LogP contribution in [0.5, 0.6) is 5.75 Å². The third-order valence-electron chi connectivity index (χ3n) is 2.19. The summed E-state index contributed by atoms with van der Waals surface area (Å²) in [6.07, 6.45) is 2.78. The van der Waals surface area contributed by atoms with E-state index in [2.05, 4.69) is 5.32 Å². The van der Waals surface area contributed by atoms with Gasteiger partial charge < -0.3 is 16.2 Å². The zero-order valence-corrected chi connectivity index (χ0v) is 8.59. The van der Waals surface area contributed by atoms with Crippen LogP contribution >= 0.6 is 0 Å². The fourth-order valence-electron chi connectivity index (χ4n) is 1.25. The lowest BCUT2D eigenvalue weighted by molar-refractivity contribution is 0.471. The lowest BCUT2D eigenvalue weighted by atomic mass is 10.2. The van der Waals surface area contributed by atoms with Gasteiger partial charge >= 0.3 is 0 Å². The Morgan fingerprint density at radius 1 is 1.29 bits per heavy atom. The van der Waals surface area contributed by atoms with Crippen LogP contribution in [0.25, 0.3) is 0 Å². The molecule has 0 spiro atoms. The van der Waals surface area contributed by atoms with Gasteiger partial charge in [0.05, 0.1) is 0 Å². The molecular formula is C11H18N2O. The number of anilines is 1. The maximum atomic E-state index is 9.02. The molecule has 0 amide bonds. The highest BCUT2D eigenvalue weighted by Gasteiger charge is 1.93.